The molecule has 1 spiro atoms. The fourth-order valence-electron chi connectivity index (χ4n) is 5.35. The summed E-state index contributed by atoms with van der Waals surface area (Å²) < 4.78 is 65.5. The Labute approximate surface area is 205 Å². The maximum absolute atomic E-state index is 13.7. The summed E-state index contributed by atoms with van der Waals surface area (Å²) in [6, 6.07) is 9.42. The summed E-state index contributed by atoms with van der Waals surface area (Å²) in [6.07, 6.45) is -1.34. The molecule has 3 fully saturated rings. The second kappa shape index (κ2) is 8.47. The molecule has 6 nitrogen and oxygen atoms in total. The Hall–Kier alpha value is -3.14. The van der Waals surface area contributed by atoms with Crippen molar-refractivity contribution in [2.24, 2.45) is 10.5 Å². The van der Waals surface area contributed by atoms with Gasteiger partial charge in [0.15, 0.2) is 0 Å². The lowest BCUT2D eigenvalue weighted by Gasteiger charge is -2.58. The van der Waals surface area contributed by atoms with E-state index in [1.807, 2.05) is 0 Å². The zero-order valence-electron chi connectivity index (χ0n) is 19.4. The average molecular weight is 503 g/mol. The number of halogens is 4. The van der Waals surface area contributed by atoms with Crippen LogP contribution < -0.4 is 10.2 Å². The zero-order chi connectivity index (χ0) is 25.1. The number of ether oxygens (including phenoxy) is 2. The predicted octanol–water partition coefficient (Wildman–Crippen LogP) is 4.73. The van der Waals surface area contributed by atoms with Gasteiger partial charge in [0.2, 0.25) is 0 Å². The van der Waals surface area contributed by atoms with E-state index >= 15 is 0 Å². The Morgan fingerprint density at radius 1 is 1.08 bits per heavy atom. The van der Waals surface area contributed by atoms with Gasteiger partial charge >= 0.3 is 6.18 Å². The summed E-state index contributed by atoms with van der Waals surface area (Å²) in [7, 11) is 0. The highest BCUT2D eigenvalue weighted by atomic mass is 19.4. The summed E-state index contributed by atoms with van der Waals surface area (Å²) in [5.41, 5.74) is 2.86. The lowest BCUT2D eigenvalue weighted by Crippen LogP contribution is -2.65. The van der Waals surface area contributed by atoms with Gasteiger partial charge in [-0.3, -0.25) is 10.2 Å². The molecule has 2 saturated carbocycles. The summed E-state index contributed by atoms with van der Waals surface area (Å²) in [6.45, 7) is 1.18. The van der Waals surface area contributed by atoms with Crippen molar-refractivity contribution in [3.63, 3.8) is 0 Å². The van der Waals surface area contributed by atoms with Gasteiger partial charge in [0.05, 0.1) is 29.0 Å². The van der Waals surface area contributed by atoms with Gasteiger partial charge in [0, 0.05) is 36.6 Å². The van der Waals surface area contributed by atoms with Crippen molar-refractivity contribution >= 4 is 11.6 Å². The minimum absolute atomic E-state index is 0.0109. The molecule has 0 radical (unpaired) electrons. The van der Waals surface area contributed by atoms with Crippen LogP contribution in [0.2, 0.25) is 0 Å². The third-order valence-corrected chi connectivity index (χ3v) is 7.28. The maximum atomic E-state index is 13.7. The van der Waals surface area contributed by atoms with Crippen LogP contribution in [0.5, 0.6) is 5.75 Å². The molecule has 0 bridgehead atoms. The molecule has 10 heteroatoms. The van der Waals surface area contributed by atoms with E-state index in [2.05, 4.69) is 10.5 Å². The highest BCUT2D eigenvalue weighted by Crippen LogP contribution is 2.50. The SMILES string of the molecule is O=C(c1ccc(F)cc1OC1CC1)N1CC2(CC(OC3CC(c4ccccc4C(F)(F)F)=NN3)C2)C1. The molecule has 2 heterocycles. The van der Waals surface area contributed by atoms with E-state index in [1.54, 1.807) is 11.0 Å². The average Bonchev–Trinajstić information content (AvgIpc) is 3.47. The van der Waals surface area contributed by atoms with Gasteiger partial charge < -0.3 is 14.4 Å². The first-order chi connectivity index (χ1) is 17.2. The van der Waals surface area contributed by atoms with Gasteiger partial charge in [-0.15, -0.1) is 0 Å². The molecule has 2 aliphatic heterocycles. The molecular weight excluding hydrogens is 478 g/mol. The van der Waals surface area contributed by atoms with Gasteiger partial charge in [-0.05, 0) is 43.9 Å². The zero-order valence-corrected chi connectivity index (χ0v) is 19.4. The number of hydrogen-bond donors (Lipinski definition) is 1. The van der Waals surface area contributed by atoms with E-state index in [4.69, 9.17) is 9.47 Å². The van der Waals surface area contributed by atoms with E-state index in [1.165, 1.54) is 30.3 Å². The molecule has 2 aromatic rings. The Bertz CT molecular complexity index is 1210. The second-order valence-electron chi connectivity index (χ2n) is 10.2. The number of nitrogens with one attached hydrogen (secondary N) is 1. The Morgan fingerprint density at radius 3 is 2.56 bits per heavy atom. The second-order valence-corrected chi connectivity index (χ2v) is 10.2. The molecule has 4 aliphatic rings. The molecule has 0 aromatic heterocycles. The van der Waals surface area contributed by atoms with E-state index in [9.17, 15) is 22.4 Å². The van der Waals surface area contributed by atoms with E-state index in [0.29, 0.717) is 30.1 Å². The predicted molar refractivity (Wildman–Crippen MR) is 122 cm³/mol. The molecule has 6 rings (SSSR count). The normalized spacial score (nSPS) is 23.1. The monoisotopic (exact) mass is 503 g/mol. The quantitative estimate of drug-likeness (QED) is 0.579. The molecule has 190 valence electrons. The molecule has 36 heavy (non-hydrogen) atoms. The number of carbonyl (C=O) groups is 1. The van der Waals surface area contributed by atoms with Crippen LogP contribution in [-0.4, -0.2) is 48.0 Å². The molecule has 1 unspecified atom stereocenters. The number of benzene rings is 2. The van der Waals surface area contributed by atoms with Crippen molar-refractivity contribution in [3.05, 3.63) is 65.0 Å². The lowest BCUT2D eigenvalue weighted by molar-refractivity contribution is -0.161. The molecule has 2 aliphatic carbocycles. The lowest BCUT2D eigenvalue weighted by atomic mass is 9.61. The van der Waals surface area contributed by atoms with Gasteiger partial charge in [0.25, 0.3) is 5.91 Å². The highest BCUT2D eigenvalue weighted by molar-refractivity contribution is 6.03. The minimum Gasteiger partial charge on any atom is -0.489 e. The van der Waals surface area contributed by atoms with Crippen molar-refractivity contribution in [2.75, 3.05) is 13.1 Å². The van der Waals surface area contributed by atoms with Gasteiger partial charge in [-0.25, -0.2) is 4.39 Å². The van der Waals surface area contributed by atoms with Gasteiger partial charge in [0.1, 0.15) is 17.8 Å². The first-order valence-electron chi connectivity index (χ1n) is 12.1. The fraction of sp³-hybridized carbons (Fsp3) is 0.462. The van der Waals surface area contributed by atoms with Crippen LogP contribution in [0.4, 0.5) is 17.6 Å². The third kappa shape index (κ3) is 4.42. The maximum Gasteiger partial charge on any atom is 0.417 e. The van der Waals surface area contributed by atoms with Crippen LogP contribution in [0.3, 0.4) is 0 Å². The van der Waals surface area contributed by atoms with E-state index < -0.39 is 23.8 Å². The molecule has 1 amide bonds. The number of alkyl halides is 3. The first kappa shape index (κ1) is 23.3. The fourth-order valence-corrected chi connectivity index (χ4v) is 5.35. The first-order valence-corrected chi connectivity index (χ1v) is 12.1. The third-order valence-electron chi connectivity index (χ3n) is 7.28. The van der Waals surface area contributed by atoms with Crippen molar-refractivity contribution in [1.29, 1.82) is 0 Å². The largest absolute Gasteiger partial charge is 0.489 e. The van der Waals surface area contributed by atoms with Crippen molar-refractivity contribution in [2.45, 2.75) is 56.7 Å². The van der Waals surface area contributed by atoms with Crippen molar-refractivity contribution in [3.8, 4) is 5.75 Å². The highest BCUT2D eigenvalue weighted by Gasteiger charge is 2.55. The van der Waals surface area contributed by atoms with Crippen LogP contribution in [-0.2, 0) is 10.9 Å². The van der Waals surface area contributed by atoms with Gasteiger partial charge in [-0.1, -0.05) is 18.2 Å². The van der Waals surface area contributed by atoms with E-state index in [-0.39, 0.29) is 35.5 Å². The number of hydrazone groups is 1. The molecular formula is C26H25F4N3O3. The van der Waals surface area contributed by atoms with Gasteiger partial charge in [-0.2, -0.15) is 18.3 Å². The van der Waals surface area contributed by atoms with Crippen LogP contribution in [0, 0.1) is 11.2 Å². The van der Waals surface area contributed by atoms with Crippen LogP contribution >= 0.6 is 0 Å². The molecule has 1 atom stereocenters. The van der Waals surface area contributed by atoms with Crippen molar-refractivity contribution in [1.82, 2.24) is 10.3 Å². The molecule has 1 saturated heterocycles. The summed E-state index contributed by atoms with van der Waals surface area (Å²) in [5.74, 6) is -0.302. The van der Waals surface area contributed by atoms with E-state index in [0.717, 1.165) is 31.7 Å². The number of carbonyl (C=O) groups excluding carboxylic acids is 1. The van der Waals surface area contributed by atoms with Crippen LogP contribution in [0.25, 0.3) is 0 Å². The number of nitrogens with zero attached hydrogens (tertiary/aromatic N) is 2. The smallest absolute Gasteiger partial charge is 0.417 e. The number of hydrogen-bond acceptors (Lipinski definition) is 5. The Morgan fingerprint density at radius 2 is 1.83 bits per heavy atom. The van der Waals surface area contributed by atoms with Crippen molar-refractivity contribution < 1.29 is 31.8 Å². The number of likely N-dealkylation sites (tertiary alicyclic amines) is 1. The number of rotatable bonds is 6. The van der Waals surface area contributed by atoms with Crippen LogP contribution in [0.15, 0.2) is 47.6 Å². The van der Waals surface area contributed by atoms with Crippen LogP contribution in [0.1, 0.15) is 53.6 Å². The summed E-state index contributed by atoms with van der Waals surface area (Å²) in [5, 5.41) is 4.10. The molecule has 2 aromatic carbocycles. The standard InChI is InChI=1S/C26H25F4N3O3/c27-15-5-8-19(22(9-15)35-16-6-7-16)24(34)33-13-25(14-33)11-17(12-25)36-23-10-21(31-32-23)18-3-1-2-4-20(18)26(28,29)30/h1-5,8-9,16-17,23,32H,6-7,10-14H2. The molecule has 1 N–H and O–H groups in total. The number of amides is 1. The topological polar surface area (TPSA) is 63.2 Å². The summed E-state index contributed by atoms with van der Waals surface area (Å²) in [4.78, 5) is 14.7. The minimum atomic E-state index is -4.45. The summed E-state index contributed by atoms with van der Waals surface area (Å²) >= 11 is 0. The Kier molecular flexibility index (Phi) is 5.47. The Balaban J connectivity index is 1.00.